The van der Waals surface area contributed by atoms with Crippen molar-refractivity contribution in [1.29, 1.82) is 0 Å². The molecule has 4 aromatic rings. The molecule has 0 fully saturated rings. The molecule has 2 aromatic heterocycles. The summed E-state index contributed by atoms with van der Waals surface area (Å²) in [6.07, 6.45) is 3.93. The molecule has 148 valence electrons. The number of pyridine rings is 1. The van der Waals surface area contributed by atoms with Crippen molar-refractivity contribution in [2.24, 2.45) is 0 Å². The van der Waals surface area contributed by atoms with E-state index in [0.29, 0.717) is 18.7 Å². The highest BCUT2D eigenvalue weighted by atomic mass is 16.5. The number of benzene rings is 2. The van der Waals surface area contributed by atoms with Gasteiger partial charge in [-0.3, -0.25) is 0 Å². The number of methoxy groups -OCH3 is 1. The van der Waals surface area contributed by atoms with E-state index in [1.165, 1.54) is 7.11 Å². The minimum absolute atomic E-state index is 0.212. The molecule has 7 heteroatoms. The van der Waals surface area contributed by atoms with Crippen molar-refractivity contribution in [1.82, 2.24) is 15.6 Å². The summed E-state index contributed by atoms with van der Waals surface area (Å²) in [4.78, 5) is 27.5. The average molecular weight is 391 g/mol. The van der Waals surface area contributed by atoms with E-state index < -0.39 is 0 Å². The second-order valence-electron chi connectivity index (χ2n) is 6.93. The molecule has 29 heavy (non-hydrogen) atoms. The van der Waals surface area contributed by atoms with Gasteiger partial charge >= 0.3 is 12.0 Å². The summed E-state index contributed by atoms with van der Waals surface area (Å²) in [5.41, 5.74) is 3.40. The van der Waals surface area contributed by atoms with E-state index in [9.17, 15) is 9.59 Å². The van der Waals surface area contributed by atoms with Crippen LogP contribution in [0.25, 0.3) is 32.6 Å². The van der Waals surface area contributed by atoms with Gasteiger partial charge in [0, 0.05) is 34.8 Å². The summed E-state index contributed by atoms with van der Waals surface area (Å²) < 4.78 is 7.11. The molecule has 0 aliphatic heterocycles. The van der Waals surface area contributed by atoms with Crippen LogP contribution in [0.1, 0.15) is 15.9 Å². The highest BCUT2D eigenvalue weighted by Crippen LogP contribution is 2.36. The maximum Gasteiger partial charge on any atom is 0.340 e. The molecule has 7 nitrogen and oxygen atoms in total. The Balaban J connectivity index is 1.93. The van der Waals surface area contributed by atoms with Crippen LogP contribution in [0.2, 0.25) is 0 Å². The summed E-state index contributed by atoms with van der Waals surface area (Å²) in [6.45, 7) is 3.18. The van der Waals surface area contributed by atoms with Crippen LogP contribution in [0, 0.1) is 6.92 Å². The number of aryl methyl sites for hydroxylation is 1. The third kappa shape index (κ3) is 3.14. The smallest absolute Gasteiger partial charge is 0.340 e. The van der Waals surface area contributed by atoms with Crippen molar-refractivity contribution in [2.75, 3.05) is 20.7 Å². The van der Waals surface area contributed by atoms with Gasteiger partial charge in [0.05, 0.1) is 30.1 Å². The predicted molar refractivity (Wildman–Crippen MR) is 112 cm³/mol. The van der Waals surface area contributed by atoms with E-state index in [-0.39, 0.29) is 12.0 Å². The second kappa shape index (κ2) is 7.43. The Morgan fingerprint density at radius 1 is 1.14 bits per heavy atom. The summed E-state index contributed by atoms with van der Waals surface area (Å²) in [6, 6.07) is 9.74. The van der Waals surface area contributed by atoms with E-state index in [1.807, 2.05) is 41.2 Å². The lowest BCUT2D eigenvalue weighted by molar-refractivity contribution is -0.693. The Hall–Kier alpha value is -3.61. The Morgan fingerprint density at radius 3 is 2.69 bits per heavy atom. The number of amides is 2. The quantitative estimate of drug-likeness (QED) is 0.369. The van der Waals surface area contributed by atoms with Gasteiger partial charge in [-0.05, 0) is 18.6 Å². The predicted octanol–water partition coefficient (Wildman–Crippen LogP) is 2.79. The van der Waals surface area contributed by atoms with Crippen LogP contribution in [0.4, 0.5) is 4.79 Å². The number of esters is 1. The summed E-state index contributed by atoms with van der Waals surface area (Å²) in [5, 5.41) is 9.23. The molecule has 0 saturated heterocycles. The summed E-state index contributed by atoms with van der Waals surface area (Å²) in [5.74, 6) is -0.370. The average Bonchev–Trinajstić information content (AvgIpc) is 3.13. The van der Waals surface area contributed by atoms with Crippen molar-refractivity contribution in [3.8, 4) is 0 Å². The van der Waals surface area contributed by atoms with Crippen LogP contribution < -0.4 is 15.2 Å². The van der Waals surface area contributed by atoms with Gasteiger partial charge in [0.15, 0.2) is 18.9 Å². The Labute approximate surface area is 167 Å². The molecule has 2 aromatic carbocycles. The van der Waals surface area contributed by atoms with Gasteiger partial charge in [0.25, 0.3) is 0 Å². The van der Waals surface area contributed by atoms with Crippen LogP contribution in [0.5, 0.6) is 0 Å². The monoisotopic (exact) mass is 391 g/mol. The molecule has 3 N–H and O–H groups in total. The zero-order valence-electron chi connectivity index (χ0n) is 16.6. The number of H-pyrrole nitrogens is 1. The fraction of sp³-hybridized carbons (Fsp3) is 0.227. The number of nitrogens with one attached hydrogen (secondary N) is 3. The van der Waals surface area contributed by atoms with Gasteiger partial charge < -0.3 is 20.4 Å². The van der Waals surface area contributed by atoms with Crippen LogP contribution in [0.15, 0.2) is 42.7 Å². The lowest BCUT2D eigenvalue weighted by atomic mass is 9.96. The van der Waals surface area contributed by atoms with E-state index in [4.69, 9.17) is 4.74 Å². The zero-order valence-corrected chi connectivity index (χ0v) is 16.6. The molecule has 2 heterocycles. The minimum Gasteiger partial charge on any atom is -0.465 e. The molecule has 2 amide bonds. The number of hydrogen-bond donors (Lipinski definition) is 3. The summed E-state index contributed by atoms with van der Waals surface area (Å²) >= 11 is 0. The molecule has 0 saturated carbocycles. The SMILES string of the molecule is CNC(=O)NCC[n+]1ccc2c(C(=O)OC)c3[nH]c4ccccc4c3c(C)c2c1. The Bertz CT molecular complexity index is 1260. The summed E-state index contributed by atoms with van der Waals surface area (Å²) in [7, 11) is 2.98. The topological polar surface area (TPSA) is 87.1 Å². The lowest BCUT2D eigenvalue weighted by Gasteiger charge is -2.10. The maximum atomic E-state index is 12.7. The molecule has 4 rings (SSSR count). The Kier molecular flexibility index (Phi) is 4.80. The normalized spacial score (nSPS) is 11.1. The number of urea groups is 1. The van der Waals surface area contributed by atoms with Crippen LogP contribution in [0.3, 0.4) is 0 Å². The molecule has 0 atom stereocenters. The number of carbonyl (C=O) groups excluding carboxylic acids is 2. The largest absolute Gasteiger partial charge is 0.465 e. The molecule has 0 unspecified atom stereocenters. The first kappa shape index (κ1) is 18.7. The first-order valence-corrected chi connectivity index (χ1v) is 9.44. The Morgan fingerprint density at radius 2 is 1.93 bits per heavy atom. The highest BCUT2D eigenvalue weighted by molar-refractivity contribution is 6.23. The van der Waals surface area contributed by atoms with E-state index in [0.717, 1.165) is 38.1 Å². The standard InChI is InChI=1S/C22H22N4O3/c1-13-16-12-26(11-9-24-22(28)23-2)10-8-14(16)19(21(27)29-3)20-18(13)15-6-4-5-7-17(15)25-20/h4-8,10,12H,9,11H2,1-3H3,(H2,23,24,28)/p+1. The fourth-order valence-corrected chi connectivity index (χ4v) is 3.88. The molecular formula is C22H23N4O3+. The first-order valence-electron chi connectivity index (χ1n) is 9.44. The van der Waals surface area contributed by atoms with Crippen LogP contribution >= 0.6 is 0 Å². The number of carbonyl (C=O) groups is 2. The number of aromatic amines is 1. The molecular weight excluding hydrogens is 368 g/mol. The molecule has 0 bridgehead atoms. The number of nitrogens with zero attached hydrogens (tertiary/aromatic N) is 1. The van der Waals surface area contributed by atoms with E-state index in [2.05, 4.69) is 28.6 Å². The number of hydrogen-bond acceptors (Lipinski definition) is 3. The van der Waals surface area contributed by atoms with Crippen molar-refractivity contribution >= 4 is 44.6 Å². The molecule has 0 aliphatic carbocycles. The second-order valence-corrected chi connectivity index (χ2v) is 6.93. The van der Waals surface area contributed by atoms with Gasteiger partial charge in [0.2, 0.25) is 0 Å². The molecule has 0 radical (unpaired) electrons. The number of fused-ring (bicyclic) bond motifs is 4. The zero-order chi connectivity index (χ0) is 20.5. The van der Waals surface area contributed by atoms with Crippen molar-refractivity contribution < 1.29 is 18.9 Å². The van der Waals surface area contributed by atoms with Crippen molar-refractivity contribution in [2.45, 2.75) is 13.5 Å². The lowest BCUT2D eigenvalue weighted by Crippen LogP contribution is -2.42. The van der Waals surface area contributed by atoms with Crippen molar-refractivity contribution in [3.63, 3.8) is 0 Å². The van der Waals surface area contributed by atoms with Gasteiger partial charge in [-0.15, -0.1) is 0 Å². The fourth-order valence-electron chi connectivity index (χ4n) is 3.88. The number of para-hydroxylation sites is 1. The maximum absolute atomic E-state index is 12.7. The molecule has 0 spiro atoms. The van der Waals surface area contributed by atoms with Gasteiger partial charge in [-0.2, -0.15) is 0 Å². The number of rotatable bonds is 4. The number of ether oxygens (including phenoxy) is 1. The van der Waals surface area contributed by atoms with Gasteiger partial charge in [0.1, 0.15) is 0 Å². The third-order valence-electron chi connectivity index (χ3n) is 5.29. The van der Waals surface area contributed by atoms with Gasteiger partial charge in [-0.1, -0.05) is 18.2 Å². The van der Waals surface area contributed by atoms with Crippen molar-refractivity contribution in [3.05, 3.63) is 53.9 Å². The highest BCUT2D eigenvalue weighted by Gasteiger charge is 2.23. The van der Waals surface area contributed by atoms with E-state index in [1.54, 1.807) is 7.05 Å². The first-order chi connectivity index (χ1) is 14.0. The molecule has 0 aliphatic rings. The van der Waals surface area contributed by atoms with Crippen LogP contribution in [-0.4, -0.2) is 37.7 Å². The van der Waals surface area contributed by atoms with E-state index >= 15 is 0 Å². The number of aromatic nitrogens is 2. The minimum atomic E-state index is -0.370. The van der Waals surface area contributed by atoms with Gasteiger partial charge in [-0.25, -0.2) is 14.2 Å². The van der Waals surface area contributed by atoms with Crippen LogP contribution in [-0.2, 0) is 11.3 Å². The third-order valence-corrected chi connectivity index (χ3v) is 5.29.